The highest BCUT2D eigenvalue weighted by molar-refractivity contribution is 5.74. The topological polar surface area (TPSA) is 68.8 Å². The fourth-order valence-corrected chi connectivity index (χ4v) is 2.67. The van der Waals surface area contributed by atoms with Gasteiger partial charge in [0.15, 0.2) is 11.5 Å². The Morgan fingerprint density at radius 1 is 0.885 bits per heavy atom. The zero-order valence-corrected chi connectivity index (χ0v) is 15.7. The van der Waals surface area contributed by atoms with Crippen LogP contribution >= 0.6 is 0 Å². The van der Waals surface area contributed by atoms with Gasteiger partial charge >= 0.3 is 6.03 Å². The predicted molar refractivity (Wildman–Crippen MR) is 101 cm³/mol. The summed E-state index contributed by atoms with van der Waals surface area (Å²) in [5.74, 6) is 1.80. The third-order valence-corrected chi connectivity index (χ3v) is 4.17. The highest BCUT2D eigenvalue weighted by Crippen LogP contribution is 2.34. The third-order valence-electron chi connectivity index (χ3n) is 4.17. The van der Waals surface area contributed by atoms with Gasteiger partial charge in [0, 0.05) is 24.7 Å². The van der Waals surface area contributed by atoms with Gasteiger partial charge in [-0.05, 0) is 30.5 Å². The van der Waals surface area contributed by atoms with Crippen molar-refractivity contribution < 1.29 is 19.0 Å². The van der Waals surface area contributed by atoms with E-state index >= 15 is 0 Å². The average Bonchev–Trinajstić information content (AvgIpc) is 2.67. The van der Waals surface area contributed by atoms with E-state index in [0.717, 1.165) is 12.0 Å². The maximum absolute atomic E-state index is 12.0. The molecule has 0 fully saturated rings. The number of aryl methyl sites for hydroxylation is 1. The second-order valence-electron chi connectivity index (χ2n) is 5.80. The van der Waals surface area contributed by atoms with Crippen molar-refractivity contribution in [2.75, 3.05) is 27.9 Å². The largest absolute Gasteiger partial charge is 0.496 e. The van der Waals surface area contributed by atoms with Crippen molar-refractivity contribution in [3.63, 3.8) is 0 Å². The second-order valence-corrected chi connectivity index (χ2v) is 5.80. The van der Waals surface area contributed by atoms with Crippen LogP contribution in [0.4, 0.5) is 4.79 Å². The monoisotopic (exact) mass is 358 g/mol. The minimum absolute atomic E-state index is 0.226. The van der Waals surface area contributed by atoms with Crippen LogP contribution in [-0.4, -0.2) is 33.9 Å². The Balaban J connectivity index is 1.89. The lowest BCUT2D eigenvalue weighted by Crippen LogP contribution is -2.36. The molecule has 6 nitrogen and oxygen atoms in total. The maximum Gasteiger partial charge on any atom is 0.315 e. The standard InChI is InChI=1S/C20H26N2O4/c1-14-7-5-6-8-15(14)9-10-21-20(23)22-13-16-11-18(25-3)19(26-4)12-17(16)24-2/h5-8,11-12H,9-10,13H2,1-4H3,(H2,21,22,23). The molecule has 0 radical (unpaired) electrons. The van der Waals surface area contributed by atoms with E-state index in [4.69, 9.17) is 14.2 Å². The molecule has 0 unspecified atom stereocenters. The van der Waals surface area contributed by atoms with Crippen molar-refractivity contribution in [1.82, 2.24) is 10.6 Å². The Morgan fingerprint density at radius 3 is 2.19 bits per heavy atom. The highest BCUT2D eigenvalue weighted by atomic mass is 16.5. The summed E-state index contributed by atoms with van der Waals surface area (Å²) in [7, 11) is 4.71. The van der Waals surface area contributed by atoms with Crippen molar-refractivity contribution in [2.45, 2.75) is 19.9 Å². The fraction of sp³-hybridized carbons (Fsp3) is 0.350. The number of hydrogen-bond donors (Lipinski definition) is 2. The predicted octanol–water partition coefficient (Wildman–Crippen LogP) is 3.06. The Hall–Kier alpha value is -2.89. The summed E-state index contributed by atoms with van der Waals surface area (Å²) in [6.45, 7) is 2.96. The van der Waals surface area contributed by atoms with E-state index < -0.39 is 0 Å². The van der Waals surface area contributed by atoms with Gasteiger partial charge in [0.05, 0.1) is 21.3 Å². The maximum atomic E-state index is 12.0. The molecule has 2 aromatic rings. The summed E-state index contributed by atoms with van der Waals surface area (Å²) >= 11 is 0. The van der Waals surface area contributed by atoms with Crippen LogP contribution in [-0.2, 0) is 13.0 Å². The molecule has 0 saturated carbocycles. The summed E-state index contributed by atoms with van der Waals surface area (Å²) in [6.07, 6.45) is 0.791. The summed E-state index contributed by atoms with van der Waals surface area (Å²) < 4.78 is 15.9. The minimum atomic E-state index is -0.226. The lowest BCUT2D eigenvalue weighted by atomic mass is 10.1. The highest BCUT2D eigenvalue weighted by Gasteiger charge is 2.12. The molecule has 140 valence electrons. The number of carbonyl (C=O) groups excluding carboxylic acids is 1. The quantitative estimate of drug-likeness (QED) is 0.761. The van der Waals surface area contributed by atoms with Crippen LogP contribution < -0.4 is 24.8 Å². The van der Waals surface area contributed by atoms with Gasteiger partial charge in [-0.15, -0.1) is 0 Å². The number of ether oxygens (including phenoxy) is 3. The molecule has 0 heterocycles. The number of urea groups is 1. The van der Waals surface area contributed by atoms with Crippen molar-refractivity contribution in [1.29, 1.82) is 0 Å². The SMILES string of the molecule is COc1cc(OC)c(OC)cc1CNC(=O)NCCc1ccccc1C. The lowest BCUT2D eigenvalue weighted by Gasteiger charge is -2.15. The Morgan fingerprint density at radius 2 is 1.54 bits per heavy atom. The smallest absolute Gasteiger partial charge is 0.315 e. The molecule has 0 aliphatic heterocycles. The Labute approximate surface area is 154 Å². The van der Waals surface area contributed by atoms with Gasteiger partial charge in [0.1, 0.15) is 5.75 Å². The summed E-state index contributed by atoms with van der Waals surface area (Å²) in [5.41, 5.74) is 3.26. The Bertz CT molecular complexity index is 747. The van der Waals surface area contributed by atoms with Gasteiger partial charge in [-0.1, -0.05) is 24.3 Å². The van der Waals surface area contributed by atoms with E-state index in [0.29, 0.717) is 30.3 Å². The van der Waals surface area contributed by atoms with Crippen molar-refractivity contribution >= 4 is 6.03 Å². The van der Waals surface area contributed by atoms with Gasteiger partial charge in [-0.25, -0.2) is 4.79 Å². The summed E-state index contributed by atoms with van der Waals surface area (Å²) in [5, 5.41) is 5.71. The van der Waals surface area contributed by atoms with Crippen LogP contribution in [0.1, 0.15) is 16.7 Å². The van der Waals surface area contributed by atoms with E-state index in [1.807, 2.05) is 12.1 Å². The summed E-state index contributed by atoms with van der Waals surface area (Å²) in [6, 6.07) is 11.5. The van der Waals surface area contributed by atoms with Crippen LogP contribution in [0.15, 0.2) is 36.4 Å². The van der Waals surface area contributed by atoms with Crippen molar-refractivity contribution in [3.05, 3.63) is 53.1 Å². The molecule has 0 saturated heterocycles. The van der Waals surface area contributed by atoms with E-state index in [1.165, 1.54) is 11.1 Å². The minimum Gasteiger partial charge on any atom is -0.496 e. The van der Waals surface area contributed by atoms with Crippen LogP contribution in [0.5, 0.6) is 17.2 Å². The number of methoxy groups -OCH3 is 3. The van der Waals surface area contributed by atoms with Gasteiger partial charge in [0.2, 0.25) is 0 Å². The molecule has 0 aliphatic carbocycles. The first-order chi connectivity index (χ1) is 12.6. The first-order valence-electron chi connectivity index (χ1n) is 8.44. The zero-order valence-electron chi connectivity index (χ0n) is 15.7. The molecule has 2 rings (SSSR count). The third kappa shape index (κ3) is 5.05. The molecule has 0 bridgehead atoms. The van der Waals surface area contributed by atoms with E-state index in [1.54, 1.807) is 33.5 Å². The van der Waals surface area contributed by atoms with Gasteiger partial charge in [0.25, 0.3) is 0 Å². The zero-order chi connectivity index (χ0) is 18.9. The number of nitrogens with one attached hydrogen (secondary N) is 2. The van der Waals surface area contributed by atoms with Crippen LogP contribution in [0.3, 0.4) is 0 Å². The van der Waals surface area contributed by atoms with Crippen LogP contribution in [0.2, 0.25) is 0 Å². The van der Waals surface area contributed by atoms with Gasteiger partial charge in [-0.3, -0.25) is 0 Å². The molecule has 0 atom stereocenters. The van der Waals surface area contributed by atoms with Crippen molar-refractivity contribution in [2.24, 2.45) is 0 Å². The first-order valence-corrected chi connectivity index (χ1v) is 8.44. The number of amides is 2. The molecular formula is C20H26N2O4. The Kier molecular flexibility index (Phi) is 7.14. The molecule has 0 aliphatic rings. The first kappa shape index (κ1) is 19.4. The summed E-state index contributed by atoms with van der Waals surface area (Å²) in [4.78, 5) is 12.0. The van der Waals surface area contributed by atoms with Crippen molar-refractivity contribution in [3.8, 4) is 17.2 Å². The normalized spacial score (nSPS) is 10.2. The van der Waals surface area contributed by atoms with E-state index in [2.05, 4.69) is 29.7 Å². The number of benzene rings is 2. The fourth-order valence-electron chi connectivity index (χ4n) is 2.67. The lowest BCUT2D eigenvalue weighted by molar-refractivity contribution is 0.240. The average molecular weight is 358 g/mol. The molecule has 2 aromatic carbocycles. The van der Waals surface area contributed by atoms with Gasteiger partial charge in [-0.2, -0.15) is 0 Å². The molecule has 2 N–H and O–H groups in total. The molecule has 6 heteroatoms. The van der Waals surface area contributed by atoms with E-state index in [-0.39, 0.29) is 6.03 Å². The number of rotatable bonds is 8. The molecule has 26 heavy (non-hydrogen) atoms. The number of hydrogen-bond acceptors (Lipinski definition) is 4. The molecule has 0 aromatic heterocycles. The second kappa shape index (κ2) is 9.56. The van der Waals surface area contributed by atoms with Crippen LogP contribution in [0, 0.1) is 6.92 Å². The number of carbonyl (C=O) groups is 1. The van der Waals surface area contributed by atoms with Gasteiger partial charge < -0.3 is 24.8 Å². The van der Waals surface area contributed by atoms with Crippen LogP contribution in [0.25, 0.3) is 0 Å². The molecular weight excluding hydrogens is 332 g/mol. The molecule has 0 spiro atoms. The molecule has 2 amide bonds. The van der Waals surface area contributed by atoms with E-state index in [9.17, 15) is 4.79 Å².